The molecule has 1 heterocycles. The molecule has 0 aliphatic carbocycles. The second kappa shape index (κ2) is 11.4. The van der Waals surface area contributed by atoms with Crippen LogP contribution in [0.15, 0.2) is 48.7 Å². The largest absolute Gasteiger partial charge is 0.493 e. The topological polar surface area (TPSA) is 89.9 Å². The second-order valence-corrected chi connectivity index (χ2v) is 7.78. The van der Waals surface area contributed by atoms with Crippen molar-refractivity contribution < 1.29 is 23.9 Å². The number of methoxy groups -OCH3 is 2. The first-order valence-electron chi connectivity index (χ1n) is 11.3. The number of para-hydroxylation sites is 1. The van der Waals surface area contributed by atoms with Crippen molar-refractivity contribution in [2.75, 3.05) is 33.9 Å². The van der Waals surface area contributed by atoms with Crippen molar-refractivity contribution in [2.45, 2.75) is 26.8 Å². The van der Waals surface area contributed by atoms with Crippen molar-refractivity contribution in [1.29, 1.82) is 0 Å². The quantitative estimate of drug-likeness (QED) is 0.347. The number of rotatable bonds is 11. The Morgan fingerprint density at radius 1 is 0.971 bits per heavy atom. The Kier molecular flexibility index (Phi) is 8.29. The van der Waals surface area contributed by atoms with Gasteiger partial charge in [0.1, 0.15) is 6.54 Å². The van der Waals surface area contributed by atoms with Crippen LogP contribution in [0, 0.1) is 0 Å². The molecule has 0 saturated carbocycles. The van der Waals surface area contributed by atoms with Crippen LogP contribution in [0.25, 0.3) is 10.9 Å². The van der Waals surface area contributed by atoms with Gasteiger partial charge in [0, 0.05) is 36.7 Å². The highest BCUT2D eigenvalue weighted by Crippen LogP contribution is 2.27. The molecule has 3 rings (SSSR count). The van der Waals surface area contributed by atoms with Crippen molar-refractivity contribution >= 4 is 28.5 Å². The molecule has 0 atom stereocenters. The van der Waals surface area contributed by atoms with Crippen LogP contribution in [0.4, 0.5) is 0 Å². The Morgan fingerprint density at radius 2 is 1.68 bits per heavy atom. The molecule has 0 bridgehead atoms. The number of ether oxygens (including phenoxy) is 2. The van der Waals surface area contributed by atoms with E-state index in [0.29, 0.717) is 42.9 Å². The third-order valence-electron chi connectivity index (χ3n) is 5.81. The van der Waals surface area contributed by atoms with Crippen molar-refractivity contribution in [1.82, 2.24) is 14.8 Å². The Labute approximate surface area is 199 Å². The van der Waals surface area contributed by atoms with E-state index in [1.807, 2.05) is 44.2 Å². The predicted molar refractivity (Wildman–Crippen MR) is 130 cm³/mol. The number of hydrogen-bond donors (Lipinski definition) is 1. The zero-order valence-electron chi connectivity index (χ0n) is 20.1. The van der Waals surface area contributed by atoms with Crippen LogP contribution in [-0.2, 0) is 22.6 Å². The Balaban J connectivity index is 1.71. The molecule has 8 nitrogen and oxygen atoms in total. The smallest absolute Gasteiger partial charge is 0.292 e. The van der Waals surface area contributed by atoms with Crippen LogP contribution >= 0.6 is 0 Å². The lowest BCUT2D eigenvalue weighted by molar-refractivity contribution is -0.131. The summed E-state index contributed by atoms with van der Waals surface area (Å²) in [7, 11) is 3.13. The van der Waals surface area contributed by atoms with Gasteiger partial charge in [-0.25, -0.2) is 0 Å². The molecule has 2 amide bonds. The Bertz CT molecular complexity index is 1180. The van der Waals surface area contributed by atoms with E-state index in [2.05, 4.69) is 5.32 Å². The molecule has 2 aromatic carbocycles. The number of carbonyl (C=O) groups excluding carboxylic acids is 3. The average Bonchev–Trinajstić information content (AvgIpc) is 3.22. The second-order valence-electron chi connectivity index (χ2n) is 7.78. The number of aromatic nitrogens is 1. The molecule has 3 aromatic rings. The molecular weight excluding hydrogens is 434 g/mol. The zero-order chi connectivity index (χ0) is 24.7. The van der Waals surface area contributed by atoms with Crippen molar-refractivity contribution in [3.8, 4) is 11.5 Å². The molecule has 1 N–H and O–H groups in total. The highest BCUT2D eigenvalue weighted by atomic mass is 16.5. The van der Waals surface area contributed by atoms with Gasteiger partial charge in [-0.05, 0) is 44.0 Å². The minimum absolute atomic E-state index is 0.0378. The Hall–Kier alpha value is -3.81. The van der Waals surface area contributed by atoms with E-state index in [9.17, 15) is 14.4 Å². The van der Waals surface area contributed by atoms with Gasteiger partial charge in [0.25, 0.3) is 11.7 Å². The van der Waals surface area contributed by atoms with Crippen LogP contribution in [0.1, 0.15) is 29.8 Å². The summed E-state index contributed by atoms with van der Waals surface area (Å²) >= 11 is 0. The molecule has 8 heteroatoms. The van der Waals surface area contributed by atoms with Gasteiger partial charge in [-0.2, -0.15) is 0 Å². The van der Waals surface area contributed by atoms with Gasteiger partial charge >= 0.3 is 0 Å². The number of benzene rings is 2. The maximum Gasteiger partial charge on any atom is 0.292 e. The number of ketones is 1. The standard InChI is InChI=1S/C26H31N3O5/c1-5-28(6-2)24(30)17-29-16-20(19-9-7-8-10-21(19)29)25(31)26(32)27-14-13-18-11-12-22(33-3)23(15-18)34-4/h7-12,15-16H,5-6,13-14,17H2,1-4H3,(H,27,32). The summed E-state index contributed by atoms with van der Waals surface area (Å²) in [5, 5.41) is 3.35. The number of carbonyl (C=O) groups is 3. The fraction of sp³-hybridized carbons (Fsp3) is 0.346. The van der Waals surface area contributed by atoms with E-state index in [4.69, 9.17) is 9.47 Å². The molecule has 1 aromatic heterocycles. The summed E-state index contributed by atoms with van der Waals surface area (Å²) < 4.78 is 12.3. The highest BCUT2D eigenvalue weighted by Gasteiger charge is 2.22. The van der Waals surface area contributed by atoms with Crippen LogP contribution in [0.5, 0.6) is 11.5 Å². The molecule has 0 saturated heterocycles. The molecular formula is C26H31N3O5. The van der Waals surface area contributed by atoms with E-state index in [1.54, 1.807) is 42.0 Å². The number of hydrogen-bond acceptors (Lipinski definition) is 5. The lowest BCUT2D eigenvalue weighted by Gasteiger charge is -2.19. The predicted octanol–water partition coefficient (Wildman–Crippen LogP) is 3.07. The summed E-state index contributed by atoms with van der Waals surface area (Å²) in [5.74, 6) is -0.115. The first kappa shape index (κ1) is 24.8. The van der Waals surface area contributed by atoms with Crippen LogP contribution < -0.4 is 14.8 Å². The first-order valence-corrected chi connectivity index (χ1v) is 11.3. The van der Waals surface area contributed by atoms with E-state index in [-0.39, 0.29) is 18.0 Å². The SMILES string of the molecule is CCN(CC)C(=O)Cn1cc(C(=O)C(=O)NCCc2ccc(OC)c(OC)c2)c2ccccc21. The lowest BCUT2D eigenvalue weighted by Crippen LogP contribution is -2.33. The number of amides is 2. The van der Waals surface area contributed by atoms with Gasteiger partial charge in [0.15, 0.2) is 11.5 Å². The zero-order valence-corrected chi connectivity index (χ0v) is 20.1. The molecule has 180 valence electrons. The van der Waals surface area contributed by atoms with E-state index < -0.39 is 11.7 Å². The minimum Gasteiger partial charge on any atom is -0.493 e. The van der Waals surface area contributed by atoms with Crippen molar-refractivity contribution in [3.63, 3.8) is 0 Å². The maximum atomic E-state index is 13.0. The summed E-state index contributed by atoms with van der Waals surface area (Å²) in [4.78, 5) is 40.0. The first-order chi connectivity index (χ1) is 16.4. The summed E-state index contributed by atoms with van der Waals surface area (Å²) in [6, 6.07) is 12.8. The van der Waals surface area contributed by atoms with Crippen LogP contribution in [0.3, 0.4) is 0 Å². The molecule has 0 unspecified atom stereocenters. The van der Waals surface area contributed by atoms with Crippen LogP contribution in [0.2, 0.25) is 0 Å². The van der Waals surface area contributed by atoms with E-state index >= 15 is 0 Å². The van der Waals surface area contributed by atoms with Gasteiger partial charge in [-0.1, -0.05) is 24.3 Å². The monoisotopic (exact) mass is 465 g/mol. The molecule has 0 radical (unpaired) electrons. The summed E-state index contributed by atoms with van der Waals surface area (Å²) in [6.07, 6.45) is 2.13. The van der Waals surface area contributed by atoms with E-state index in [1.165, 1.54) is 0 Å². The van der Waals surface area contributed by atoms with Crippen molar-refractivity contribution in [3.05, 3.63) is 59.8 Å². The average molecular weight is 466 g/mol. The van der Waals surface area contributed by atoms with Gasteiger partial charge in [0.05, 0.1) is 19.8 Å². The maximum absolute atomic E-state index is 13.0. The fourth-order valence-electron chi connectivity index (χ4n) is 3.94. The number of nitrogens with one attached hydrogen (secondary N) is 1. The Morgan fingerprint density at radius 3 is 2.35 bits per heavy atom. The normalized spacial score (nSPS) is 10.7. The number of fused-ring (bicyclic) bond motifs is 1. The number of likely N-dealkylation sites (N-methyl/N-ethyl adjacent to an activating group) is 1. The van der Waals surface area contributed by atoms with Gasteiger partial charge in [0.2, 0.25) is 5.91 Å². The van der Waals surface area contributed by atoms with Crippen molar-refractivity contribution in [2.24, 2.45) is 0 Å². The fourth-order valence-corrected chi connectivity index (χ4v) is 3.94. The van der Waals surface area contributed by atoms with E-state index in [0.717, 1.165) is 11.1 Å². The van der Waals surface area contributed by atoms with Gasteiger partial charge in [-0.15, -0.1) is 0 Å². The molecule has 0 fully saturated rings. The molecule has 0 aliphatic rings. The highest BCUT2D eigenvalue weighted by molar-refractivity contribution is 6.45. The third kappa shape index (κ3) is 5.39. The van der Waals surface area contributed by atoms with Gasteiger partial charge in [-0.3, -0.25) is 14.4 Å². The minimum atomic E-state index is -0.682. The number of nitrogens with zero attached hydrogens (tertiary/aromatic N) is 2. The number of Topliss-reactive ketones (excluding diaryl/α,β-unsaturated/α-hetero) is 1. The third-order valence-corrected chi connectivity index (χ3v) is 5.81. The molecule has 0 aliphatic heterocycles. The van der Waals surface area contributed by atoms with Crippen LogP contribution in [-0.4, -0.2) is 60.9 Å². The lowest BCUT2D eigenvalue weighted by atomic mass is 10.1. The molecule has 0 spiro atoms. The summed E-state index contributed by atoms with van der Waals surface area (Å²) in [6.45, 7) is 5.48. The summed E-state index contributed by atoms with van der Waals surface area (Å²) in [5.41, 5.74) is 1.97. The molecule has 34 heavy (non-hydrogen) atoms. The van der Waals surface area contributed by atoms with Gasteiger partial charge < -0.3 is 24.3 Å².